The first-order valence-electron chi connectivity index (χ1n) is 10.3. The van der Waals surface area contributed by atoms with Crippen molar-refractivity contribution in [2.24, 2.45) is 7.05 Å². The first kappa shape index (κ1) is 18.8. The van der Waals surface area contributed by atoms with E-state index < -0.39 is 0 Å². The largest absolute Gasteiger partial charge is 0.339 e. The van der Waals surface area contributed by atoms with E-state index in [9.17, 15) is 4.79 Å². The summed E-state index contributed by atoms with van der Waals surface area (Å²) < 4.78 is 4.32. The molecule has 4 rings (SSSR count). The van der Waals surface area contributed by atoms with E-state index in [1.807, 2.05) is 18.1 Å². The Hall–Kier alpha value is -2.56. The zero-order valence-corrected chi connectivity index (χ0v) is 17.6. The van der Waals surface area contributed by atoms with Crippen molar-refractivity contribution in [2.45, 2.75) is 52.5 Å². The van der Waals surface area contributed by atoms with Crippen LogP contribution < -0.4 is 0 Å². The number of hydrogen-bond acceptors (Lipinski definition) is 2. The highest BCUT2D eigenvalue weighted by Gasteiger charge is 2.31. The minimum absolute atomic E-state index is 0.142. The number of piperidine rings is 1. The molecule has 1 aliphatic rings. The van der Waals surface area contributed by atoms with Crippen molar-refractivity contribution < 1.29 is 4.79 Å². The topological polar surface area (TPSA) is 43.1 Å². The number of para-hydroxylation sites is 1. The summed E-state index contributed by atoms with van der Waals surface area (Å²) >= 11 is 0. The van der Waals surface area contributed by atoms with Crippen LogP contribution in [0.25, 0.3) is 10.9 Å². The van der Waals surface area contributed by atoms with Crippen molar-refractivity contribution in [3.8, 4) is 0 Å². The van der Waals surface area contributed by atoms with Crippen LogP contribution in [0.2, 0.25) is 0 Å². The molecule has 1 fully saturated rings. The van der Waals surface area contributed by atoms with Crippen LogP contribution in [0.5, 0.6) is 0 Å². The Balaban J connectivity index is 1.66. The van der Waals surface area contributed by atoms with Crippen molar-refractivity contribution in [2.75, 3.05) is 13.1 Å². The summed E-state index contributed by atoms with van der Waals surface area (Å²) in [7, 11) is 2.02. The zero-order chi connectivity index (χ0) is 20.0. The summed E-state index contributed by atoms with van der Waals surface area (Å²) in [4.78, 5) is 20.2. The predicted molar refractivity (Wildman–Crippen MR) is 113 cm³/mol. The van der Waals surface area contributed by atoms with Gasteiger partial charge in [0.25, 0.3) is 5.91 Å². The molecule has 1 unspecified atom stereocenters. The van der Waals surface area contributed by atoms with Gasteiger partial charge in [-0.2, -0.15) is 0 Å². The predicted octanol–water partition coefficient (Wildman–Crippen LogP) is 4.59. The van der Waals surface area contributed by atoms with Gasteiger partial charge in [-0.1, -0.05) is 18.2 Å². The first-order chi connectivity index (χ1) is 13.4. The third-order valence-corrected chi connectivity index (χ3v) is 6.20. The lowest BCUT2D eigenvalue weighted by Crippen LogP contribution is -2.40. The Bertz CT molecular complexity index is 1030. The summed E-state index contributed by atoms with van der Waals surface area (Å²) in [5, 5.41) is 1.18. The molecule has 28 heavy (non-hydrogen) atoms. The number of imidazole rings is 1. The number of nitrogens with zero attached hydrogens (tertiary/aromatic N) is 4. The average molecular weight is 379 g/mol. The molecule has 3 aromatic rings. The first-order valence-corrected chi connectivity index (χ1v) is 10.3. The molecule has 0 bridgehead atoms. The van der Waals surface area contributed by atoms with E-state index in [2.05, 4.69) is 66.2 Å². The molecule has 3 heterocycles. The van der Waals surface area contributed by atoms with Gasteiger partial charge in [-0.3, -0.25) is 4.79 Å². The maximum Gasteiger partial charge on any atom is 0.270 e. The van der Waals surface area contributed by atoms with Crippen LogP contribution in [0.15, 0.2) is 30.6 Å². The van der Waals surface area contributed by atoms with Crippen LogP contribution in [0.1, 0.15) is 66.1 Å². The SMILES string of the molecule is Cc1c(C(=O)N2CCCC(c3nccn3C(C)C)C2)n(C)c2c(C)cccc12. The van der Waals surface area contributed by atoms with Crippen LogP contribution in [0.3, 0.4) is 0 Å². The quantitative estimate of drug-likeness (QED) is 0.669. The van der Waals surface area contributed by atoms with Crippen LogP contribution in [0, 0.1) is 13.8 Å². The Morgan fingerprint density at radius 3 is 2.75 bits per heavy atom. The molecule has 5 heteroatoms. The highest BCUT2D eigenvalue weighted by Crippen LogP contribution is 2.31. The number of benzene rings is 1. The average Bonchev–Trinajstić information content (AvgIpc) is 3.26. The number of carbonyl (C=O) groups excluding carboxylic acids is 1. The van der Waals surface area contributed by atoms with Gasteiger partial charge in [0.05, 0.1) is 5.52 Å². The molecule has 0 N–H and O–H groups in total. The Kier molecular flexibility index (Phi) is 4.77. The third kappa shape index (κ3) is 2.93. The Labute approximate surface area is 167 Å². The molecule has 0 aliphatic carbocycles. The Morgan fingerprint density at radius 2 is 2.04 bits per heavy atom. The van der Waals surface area contributed by atoms with Crippen molar-refractivity contribution in [3.05, 3.63) is 53.2 Å². The van der Waals surface area contributed by atoms with E-state index in [4.69, 9.17) is 0 Å². The van der Waals surface area contributed by atoms with Gasteiger partial charge in [0.2, 0.25) is 0 Å². The lowest BCUT2D eigenvalue weighted by Gasteiger charge is -2.33. The number of likely N-dealkylation sites (tertiary alicyclic amines) is 1. The second-order valence-corrected chi connectivity index (χ2v) is 8.38. The summed E-state index contributed by atoms with van der Waals surface area (Å²) in [6.45, 7) is 10.1. The maximum atomic E-state index is 13.5. The number of rotatable bonds is 3. The molecule has 1 aliphatic heterocycles. The van der Waals surface area contributed by atoms with Crippen LogP contribution in [0.4, 0.5) is 0 Å². The third-order valence-electron chi connectivity index (χ3n) is 6.20. The van der Waals surface area contributed by atoms with Crippen molar-refractivity contribution in [3.63, 3.8) is 0 Å². The maximum absolute atomic E-state index is 13.5. The van der Waals surface area contributed by atoms with Gasteiger partial charge in [-0.15, -0.1) is 0 Å². The fourth-order valence-electron chi connectivity index (χ4n) is 4.80. The molecule has 1 saturated heterocycles. The molecular formula is C23H30N4O. The summed E-state index contributed by atoms with van der Waals surface area (Å²) in [5.41, 5.74) is 4.26. The number of hydrogen-bond donors (Lipinski definition) is 0. The monoisotopic (exact) mass is 378 g/mol. The van der Waals surface area contributed by atoms with Gasteiger partial charge in [-0.25, -0.2) is 4.98 Å². The van der Waals surface area contributed by atoms with E-state index in [0.717, 1.165) is 48.5 Å². The highest BCUT2D eigenvalue weighted by atomic mass is 16.2. The van der Waals surface area contributed by atoms with E-state index in [1.54, 1.807) is 0 Å². The molecule has 2 aromatic heterocycles. The number of aryl methyl sites for hydroxylation is 3. The molecule has 0 saturated carbocycles. The summed E-state index contributed by atoms with van der Waals surface area (Å²) in [6.07, 6.45) is 6.04. The second kappa shape index (κ2) is 7.12. The molecule has 1 atom stereocenters. The number of amides is 1. The van der Waals surface area contributed by atoms with Crippen LogP contribution in [-0.4, -0.2) is 38.0 Å². The number of carbonyl (C=O) groups is 1. The van der Waals surface area contributed by atoms with Crippen LogP contribution >= 0.6 is 0 Å². The van der Waals surface area contributed by atoms with Gasteiger partial charge in [-0.05, 0) is 51.7 Å². The number of fused-ring (bicyclic) bond motifs is 1. The van der Waals surface area contributed by atoms with Crippen molar-refractivity contribution in [1.82, 2.24) is 19.0 Å². The van der Waals surface area contributed by atoms with E-state index in [-0.39, 0.29) is 5.91 Å². The highest BCUT2D eigenvalue weighted by molar-refractivity contribution is 6.02. The lowest BCUT2D eigenvalue weighted by molar-refractivity contribution is 0.0693. The van der Waals surface area contributed by atoms with Crippen molar-refractivity contribution in [1.29, 1.82) is 0 Å². The van der Waals surface area contributed by atoms with Gasteiger partial charge in [0.15, 0.2) is 0 Å². The smallest absolute Gasteiger partial charge is 0.270 e. The number of aromatic nitrogens is 3. The van der Waals surface area contributed by atoms with E-state index in [1.165, 1.54) is 10.9 Å². The summed E-state index contributed by atoms with van der Waals surface area (Å²) in [6, 6.07) is 6.68. The second-order valence-electron chi connectivity index (χ2n) is 8.38. The van der Waals surface area contributed by atoms with Gasteiger partial charge in [0, 0.05) is 49.9 Å². The molecule has 1 aromatic carbocycles. The van der Waals surface area contributed by atoms with E-state index in [0.29, 0.717) is 12.0 Å². The normalized spacial score (nSPS) is 17.6. The van der Waals surface area contributed by atoms with Gasteiger partial charge < -0.3 is 14.0 Å². The minimum atomic E-state index is 0.142. The van der Waals surface area contributed by atoms with Crippen LogP contribution in [-0.2, 0) is 7.05 Å². The standard InChI is InChI=1S/C23H30N4O/c1-15(2)27-13-11-24-22(27)18-9-7-12-26(14-18)23(28)21-17(4)19-10-6-8-16(3)20(19)25(21)5/h6,8,10-11,13,15,18H,7,9,12,14H2,1-5H3. The molecular weight excluding hydrogens is 348 g/mol. The van der Waals surface area contributed by atoms with Gasteiger partial charge in [0.1, 0.15) is 11.5 Å². The van der Waals surface area contributed by atoms with E-state index >= 15 is 0 Å². The summed E-state index contributed by atoms with van der Waals surface area (Å²) in [5.74, 6) is 1.55. The molecule has 5 nitrogen and oxygen atoms in total. The minimum Gasteiger partial charge on any atom is -0.339 e. The fourth-order valence-corrected chi connectivity index (χ4v) is 4.80. The molecule has 0 radical (unpaired) electrons. The molecule has 148 valence electrons. The zero-order valence-electron chi connectivity index (χ0n) is 17.6. The van der Waals surface area contributed by atoms with Crippen molar-refractivity contribution >= 4 is 16.8 Å². The fraction of sp³-hybridized carbons (Fsp3) is 0.478. The molecule has 1 amide bonds. The Morgan fingerprint density at radius 1 is 1.25 bits per heavy atom. The molecule has 0 spiro atoms. The van der Waals surface area contributed by atoms with Gasteiger partial charge >= 0.3 is 0 Å². The lowest BCUT2D eigenvalue weighted by atomic mass is 9.96.